The predicted octanol–water partition coefficient (Wildman–Crippen LogP) is 4.27. The van der Waals surface area contributed by atoms with Gasteiger partial charge in [0.2, 0.25) is 0 Å². The maximum Gasteiger partial charge on any atom is 0.138 e. The first-order valence-electron chi connectivity index (χ1n) is 10.7. The van der Waals surface area contributed by atoms with Gasteiger partial charge in [0.05, 0.1) is 18.8 Å². The van der Waals surface area contributed by atoms with Crippen LogP contribution in [0.3, 0.4) is 0 Å². The van der Waals surface area contributed by atoms with E-state index >= 15 is 0 Å². The number of carbonyl (C=O) groups excluding carboxylic acids is 1. The molecule has 0 aromatic carbocycles. The molecule has 0 aliphatic heterocycles. The number of aliphatic hydroxyl groups excluding tert-OH is 1. The first-order chi connectivity index (χ1) is 12.2. The number of hydrogen-bond donors (Lipinski definition) is 2. The van der Waals surface area contributed by atoms with Gasteiger partial charge in [-0.25, -0.2) is 0 Å². The van der Waals surface area contributed by atoms with Crippen LogP contribution in [0.15, 0.2) is 0 Å². The van der Waals surface area contributed by atoms with Gasteiger partial charge in [-0.15, -0.1) is 12.4 Å². The van der Waals surface area contributed by atoms with Crippen molar-refractivity contribution in [3.8, 4) is 0 Å². The monoisotopic (exact) mass is 389 g/mol. The Hall–Kier alpha value is -0.160. The molecule has 3 unspecified atom stereocenters. The molecule has 154 valence electrons. The summed E-state index contributed by atoms with van der Waals surface area (Å²) >= 11 is 0. The van der Waals surface area contributed by atoms with E-state index in [9.17, 15) is 9.90 Å². The first-order valence-corrected chi connectivity index (χ1v) is 10.7. The molecule has 4 nitrogen and oxygen atoms in total. The lowest BCUT2D eigenvalue weighted by Crippen LogP contribution is -2.38. The van der Waals surface area contributed by atoms with Gasteiger partial charge in [-0.1, -0.05) is 51.9 Å². The average Bonchev–Trinajstić information content (AvgIpc) is 2.66. The molecule has 2 aliphatic carbocycles. The summed E-state index contributed by atoms with van der Waals surface area (Å²) in [6, 6.07) is 0. The van der Waals surface area contributed by atoms with Crippen molar-refractivity contribution in [2.75, 3.05) is 19.7 Å². The van der Waals surface area contributed by atoms with Crippen LogP contribution in [0.1, 0.15) is 84.0 Å². The van der Waals surface area contributed by atoms with Crippen LogP contribution in [-0.2, 0) is 9.53 Å². The van der Waals surface area contributed by atoms with Gasteiger partial charge in [-0.3, -0.25) is 4.79 Å². The lowest BCUT2D eigenvalue weighted by molar-refractivity contribution is -0.132. The van der Waals surface area contributed by atoms with E-state index in [-0.39, 0.29) is 24.4 Å². The third-order valence-corrected chi connectivity index (χ3v) is 5.95. The molecule has 26 heavy (non-hydrogen) atoms. The van der Waals surface area contributed by atoms with Crippen LogP contribution in [-0.4, -0.2) is 42.8 Å². The maximum absolute atomic E-state index is 12.8. The fraction of sp³-hybridized carbons (Fsp3) is 0.952. The Labute approximate surface area is 166 Å². The third-order valence-electron chi connectivity index (χ3n) is 5.95. The second-order valence-corrected chi connectivity index (χ2v) is 8.13. The molecule has 0 radical (unpaired) electrons. The van der Waals surface area contributed by atoms with Crippen LogP contribution in [0.4, 0.5) is 0 Å². The lowest BCUT2D eigenvalue weighted by atomic mass is 9.80. The summed E-state index contributed by atoms with van der Waals surface area (Å²) in [5.74, 6) is 1.24. The lowest BCUT2D eigenvalue weighted by Gasteiger charge is -2.32. The minimum atomic E-state index is -0.480. The van der Waals surface area contributed by atoms with Gasteiger partial charge >= 0.3 is 0 Å². The van der Waals surface area contributed by atoms with Crippen molar-refractivity contribution < 1.29 is 14.6 Å². The number of aliphatic hydroxyl groups is 1. The highest BCUT2D eigenvalue weighted by molar-refractivity contribution is 5.85. The highest BCUT2D eigenvalue weighted by atomic mass is 35.5. The highest BCUT2D eigenvalue weighted by Gasteiger charge is 2.32. The Morgan fingerprint density at radius 2 is 1.81 bits per heavy atom. The average molecular weight is 390 g/mol. The fourth-order valence-corrected chi connectivity index (χ4v) is 4.41. The molecule has 0 saturated heterocycles. The summed E-state index contributed by atoms with van der Waals surface area (Å²) in [4.78, 5) is 12.8. The van der Waals surface area contributed by atoms with Gasteiger partial charge in [-0.05, 0) is 38.1 Å². The number of hydrogen-bond acceptors (Lipinski definition) is 4. The molecule has 2 aliphatic rings. The second-order valence-electron chi connectivity index (χ2n) is 8.13. The van der Waals surface area contributed by atoms with Gasteiger partial charge in [-0.2, -0.15) is 0 Å². The summed E-state index contributed by atoms with van der Waals surface area (Å²) in [5, 5.41) is 13.2. The van der Waals surface area contributed by atoms with Crippen molar-refractivity contribution in [1.29, 1.82) is 0 Å². The van der Waals surface area contributed by atoms with Crippen molar-refractivity contribution >= 4 is 18.2 Å². The molecule has 2 N–H and O–H groups in total. The molecule has 2 fully saturated rings. The molecule has 2 rings (SSSR count). The van der Waals surface area contributed by atoms with Crippen LogP contribution in [0, 0.1) is 11.8 Å². The summed E-state index contributed by atoms with van der Waals surface area (Å²) in [7, 11) is 0. The van der Waals surface area contributed by atoms with Gasteiger partial charge < -0.3 is 15.2 Å². The van der Waals surface area contributed by atoms with E-state index in [1.807, 2.05) is 0 Å². The molecule has 0 heterocycles. The molecule has 2 saturated carbocycles. The molecule has 0 spiro atoms. The molecule has 0 bridgehead atoms. The van der Waals surface area contributed by atoms with Crippen molar-refractivity contribution in [3.05, 3.63) is 0 Å². The van der Waals surface area contributed by atoms with Gasteiger partial charge in [0.25, 0.3) is 0 Å². The zero-order chi connectivity index (χ0) is 17.9. The van der Waals surface area contributed by atoms with Crippen LogP contribution >= 0.6 is 12.4 Å². The summed E-state index contributed by atoms with van der Waals surface area (Å²) in [5.41, 5.74) is 0. The van der Waals surface area contributed by atoms with Crippen LogP contribution in [0.25, 0.3) is 0 Å². The van der Waals surface area contributed by atoms with Crippen LogP contribution in [0.5, 0.6) is 0 Å². The fourth-order valence-electron chi connectivity index (χ4n) is 4.41. The Kier molecular flexibility index (Phi) is 12.8. The molecular formula is C21H40ClNO3. The van der Waals surface area contributed by atoms with E-state index in [1.165, 1.54) is 32.1 Å². The quantitative estimate of drug-likeness (QED) is 0.518. The molecular weight excluding hydrogens is 350 g/mol. The summed E-state index contributed by atoms with van der Waals surface area (Å²) in [6.45, 7) is 3.94. The SMILES string of the molecule is CCCNCC(O)COC1CCCCC1C(=O)CCC1CCCCC1.Cl. The standard InChI is InChI=1S/C21H39NO3.ClH/c1-2-14-22-15-18(23)16-25-21-11-7-6-10-19(21)20(24)13-12-17-8-4-3-5-9-17;/h17-19,21-23H,2-16H2,1H3;1H. The minimum Gasteiger partial charge on any atom is -0.389 e. The Balaban J connectivity index is 0.00000338. The summed E-state index contributed by atoms with van der Waals surface area (Å²) < 4.78 is 5.99. The van der Waals surface area contributed by atoms with E-state index in [4.69, 9.17) is 4.74 Å². The number of carbonyl (C=O) groups is 1. The number of halogens is 1. The Morgan fingerprint density at radius 1 is 1.12 bits per heavy atom. The Bertz CT molecular complexity index is 374. The smallest absolute Gasteiger partial charge is 0.138 e. The van der Waals surface area contributed by atoms with E-state index < -0.39 is 6.10 Å². The Morgan fingerprint density at radius 3 is 2.54 bits per heavy atom. The zero-order valence-corrected chi connectivity index (χ0v) is 17.4. The normalized spacial score (nSPS) is 25.5. The number of rotatable bonds is 11. The minimum absolute atomic E-state index is 0. The molecule has 3 atom stereocenters. The van der Waals surface area contributed by atoms with E-state index in [0.29, 0.717) is 18.9 Å². The molecule has 5 heteroatoms. The largest absolute Gasteiger partial charge is 0.389 e. The highest BCUT2D eigenvalue weighted by Crippen LogP contribution is 2.32. The van der Waals surface area contributed by atoms with Crippen molar-refractivity contribution in [3.63, 3.8) is 0 Å². The number of ether oxygens (including phenoxy) is 1. The number of Topliss-reactive ketones (excluding diaryl/α,β-unsaturated/α-hetero) is 1. The van der Waals surface area contributed by atoms with Crippen LogP contribution in [0.2, 0.25) is 0 Å². The van der Waals surface area contributed by atoms with Crippen molar-refractivity contribution in [2.45, 2.75) is 96.2 Å². The van der Waals surface area contributed by atoms with E-state index in [0.717, 1.165) is 57.4 Å². The topological polar surface area (TPSA) is 58.6 Å². The van der Waals surface area contributed by atoms with Gasteiger partial charge in [0, 0.05) is 18.9 Å². The first kappa shape index (κ1) is 23.9. The van der Waals surface area contributed by atoms with Gasteiger partial charge in [0.15, 0.2) is 0 Å². The van der Waals surface area contributed by atoms with E-state index in [2.05, 4.69) is 12.2 Å². The number of ketones is 1. The van der Waals surface area contributed by atoms with Crippen molar-refractivity contribution in [1.82, 2.24) is 5.32 Å². The van der Waals surface area contributed by atoms with Gasteiger partial charge in [0.1, 0.15) is 5.78 Å². The van der Waals surface area contributed by atoms with Crippen molar-refractivity contribution in [2.24, 2.45) is 11.8 Å². The predicted molar refractivity (Wildman–Crippen MR) is 109 cm³/mol. The zero-order valence-electron chi connectivity index (χ0n) is 16.6. The second kappa shape index (κ2) is 13.9. The van der Waals surface area contributed by atoms with E-state index in [1.54, 1.807) is 0 Å². The maximum atomic E-state index is 12.8. The van der Waals surface area contributed by atoms with Crippen LogP contribution < -0.4 is 5.32 Å². The molecule has 0 aromatic rings. The number of nitrogens with one attached hydrogen (secondary N) is 1. The molecule has 0 amide bonds. The summed E-state index contributed by atoms with van der Waals surface area (Å²) in [6.07, 6.45) is 13.3. The molecule has 0 aromatic heterocycles. The third kappa shape index (κ3) is 8.69.